The minimum atomic E-state index is -1.09. The zero-order valence-corrected chi connectivity index (χ0v) is 9.23. The van der Waals surface area contributed by atoms with Gasteiger partial charge in [-0.15, -0.1) is 11.3 Å². The summed E-state index contributed by atoms with van der Waals surface area (Å²) in [6, 6.07) is 1.43. The van der Waals surface area contributed by atoms with Crippen molar-refractivity contribution in [2.45, 2.75) is 6.54 Å². The van der Waals surface area contributed by atoms with Crippen LogP contribution in [0.2, 0.25) is 0 Å². The molecule has 2 N–H and O–H groups in total. The van der Waals surface area contributed by atoms with Gasteiger partial charge in [0.1, 0.15) is 11.3 Å². The molecule has 7 nitrogen and oxygen atoms in total. The maximum atomic E-state index is 11.4. The van der Waals surface area contributed by atoms with Crippen LogP contribution in [-0.4, -0.2) is 27.1 Å². The van der Waals surface area contributed by atoms with Gasteiger partial charge in [-0.25, -0.2) is 9.78 Å². The van der Waals surface area contributed by atoms with Crippen molar-refractivity contribution in [1.29, 1.82) is 0 Å². The molecule has 0 saturated carbocycles. The Balaban J connectivity index is 1.93. The number of carboxylic acid groups (broad SMARTS) is 1. The summed E-state index contributed by atoms with van der Waals surface area (Å²) in [7, 11) is 0. The summed E-state index contributed by atoms with van der Waals surface area (Å²) in [5.74, 6) is -1.49. The molecular formula is C9H7N3O4S. The normalized spacial score (nSPS) is 10.1. The van der Waals surface area contributed by atoms with E-state index in [0.717, 1.165) is 0 Å². The van der Waals surface area contributed by atoms with Crippen molar-refractivity contribution < 1.29 is 19.2 Å². The zero-order chi connectivity index (χ0) is 12.3. The predicted molar refractivity (Wildman–Crippen MR) is 56.7 cm³/mol. The van der Waals surface area contributed by atoms with Gasteiger partial charge in [0.2, 0.25) is 0 Å². The molecule has 0 atom stereocenters. The lowest BCUT2D eigenvalue weighted by Crippen LogP contribution is -2.23. The first-order chi connectivity index (χ1) is 8.16. The van der Waals surface area contributed by atoms with E-state index >= 15 is 0 Å². The lowest BCUT2D eigenvalue weighted by Gasteiger charge is -1.98. The number of carboxylic acids is 1. The summed E-state index contributed by atoms with van der Waals surface area (Å²) in [4.78, 5) is 25.8. The van der Waals surface area contributed by atoms with Gasteiger partial charge in [-0.2, -0.15) is 0 Å². The average molecular weight is 253 g/mol. The lowest BCUT2D eigenvalue weighted by atomic mass is 10.4. The third-order valence-electron chi connectivity index (χ3n) is 1.84. The van der Waals surface area contributed by atoms with Crippen molar-refractivity contribution in [2.24, 2.45) is 0 Å². The lowest BCUT2D eigenvalue weighted by molar-refractivity contribution is 0.0691. The first kappa shape index (κ1) is 11.3. The van der Waals surface area contributed by atoms with Crippen molar-refractivity contribution in [3.05, 3.63) is 34.1 Å². The third-order valence-corrected chi connectivity index (χ3v) is 2.69. The Bertz CT molecular complexity index is 534. The van der Waals surface area contributed by atoms with E-state index in [4.69, 9.17) is 5.11 Å². The molecule has 0 spiro atoms. The van der Waals surface area contributed by atoms with Gasteiger partial charge in [0.25, 0.3) is 5.91 Å². The van der Waals surface area contributed by atoms with Crippen molar-refractivity contribution >= 4 is 23.2 Å². The first-order valence-electron chi connectivity index (χ1n) is 4.53. The predicted octanol–water partition coefficient (Wildman–Crippen LogP) is 0.759. The van der Waals surface area contributed by atoms with E-state index in [2.05, 4.69) is 20.0 Å². The van der Waals surface area contributed by atoms with Crippen molar-refractivity contribution in [3.8, 4) is 0 Å². The van der Waals surface area contributed by atoms with Crippen LogP contribution in [0.4, 0.5) is 0 Å². The number of aromatic carboxylic acids is 1. The number of rotatable bonds is 4. The van der Waals surface area contributed by atoms with Gasteiger partial charge in [0.05, 0.1) is 6.54 Å². The Morgan fingerprint density at radius 2 is 2.29 bits per heavy atom. The van der Waals surface area contributed by atoms with Crippen LogP contribution in [0.3, 0.4) is 0 Å². The van der Waals surface area contributed by atoms with Gasteiger partial charge in [0.15, 0.2) is 11.4 Å². The number of nitrogens with one attached hydrogen (secondary N) is 1. The fourth-order valence-corrected chi connectivity index (χ4v) is 1.77. The molecule has 2 aromatic heterocycles. The quantitative estimate of drug-likeness (QED) is 0.833. The summed E-state index contributed by atoms with van der Waals surface area (Å²) in [6.45, 7) is 0.156. The molecule has 0 saturated heterocycles. The Kier molecular flexibility index (Phi) is 3.15. The van der Waals surface area contributed by atoms with Crippen LogP contribution in [0.1, 0.15) is 26.0 Å². The Labute approximate surface area is 99.1 Å². The molecule has 88 valence electrons. The number of amides is 1. The second kappa shape index (κ2) is 4.74. The second-order valence-corrected chi connectivity index (χ2v) is 3.94. The molecule has 0 aliphatic carbocycles. The smallest absolute Gasteiger partial charge is 0.355 e. The number of aromatic nitrogens is 2. The van der Waals surface area contributed by atoms with E-state index in [1.807, 2.05) is 0 Å². The summed E-state index contributed by atoms with van der Waals surface area (Å²) in [5, 5.41) is 16.6. The molecule has 2 rings (SSSR count). The van der Waals surface area contributed by atoms with Crippen LogP contribution >= 0.6 is 11.3 Å². The maximum Gasteiger partial charge on any atom is 0.355 e. The van der Waals surface area contributed by atoms with Crippen molar-refractivity contribution in [1.82, 2.24) is 15.5 Å². The van der Waals surface area contributed by atoms with Gasteiger partial charge in [-0.3, -0.25) is 4.79 Å². The number of hydrogen-bond donors (Lipinski definition) is 2. The van der Waals surface area contributed by atoms with Gasteiger partial charge >= 0.3 is 5.97 Å². The van der Waals surface area contributed by atoms with Crippen LogP contribution in [0.15, 0.2) is 22.2 Å². The first-order valence-corrected chi connectivity index (χ1v) is 5.41. The zero-order valence-electron chi connectivity index (χ0n) is 8.41. The molecule has 0 bridgehead atoms. The van der Waals surface area contributed by atoms with Gasteiger partial charge in [-0.1, -0.05) is 5.16 Å². The van der Waals surface area contributed by atoms with Gasteiger partial charge in [0, 0.05) is 11.4 Å². The summed E-state index contributed by atoms with van der Waals surface area (Å²) < 4.78 is 4.52. The summed E-state index contributed by atoms with van der Waals surface area (Å²) in [6.07, 6.45) is 1.29. The van der Waals surface area contributed by atoms with E-state index in [1.54, 1.807) is 0 Å². The summed E-state index contributed by atoms with van der Waals surface area (Å²) in [5.41, 5.74) is 0.140. The molecule has 0 aromatic carbocycles. The minimum absolute atomic E-state index is 0.0271. The second-order valence-electron chi connectivity index (χ2n) is 3.00. The van der Waals surface area contributed by atoms with Crippen LogP contribution in [0.5, 0.6) is 0 Å². The Morgan fingerprint density at radius 3 is 2.88 bits per heavy atom. The molecule has 0 fully saturated rings. The van der Waals surface area contributed by atoms with E-state index < -0.39 is 11.9 Å². The topological polar surface area (TPSA) is 105 Å². The maximum absolute atomic E-state index is 11.4. The van der Waals surface area contributed by atoms with Crippen LogP contribution < -0.4 is 5.32 Å². The van der Waals surface area contributed by atoms with E-state index in [0.29, 0.717) is 5.01 Å². The highest BCUT2D eigenvalue weighted by molar-refractivity contribution is 7.09. The van der Waals surface area contributed by atoms with E-state index in [1.165, 1.54) is 29.0 Å². The van der Waals surface area contributed by atoms with Crippen LogP contribution in [-0.2, 0) is 6.54 Å². The number of carbonyl (C=O) groups is 2. The van der Waals surface area contributed by atoms with E-state index in [9.17, 15) is 9.59 Å². The molecule has 1 amide bonds. The molecule has 0 aliphatic heterocycles. The SMILES string of the molecule is O=C(O)c1csc(CNC(=O)c2ccon2)n1. The van der Waals surface area contributed by atoms with Crippen LogP contribution in [0.25, 0.3) is 0 Å². The highest BCUT2D eigenvalue weighted by Gasteiger charge is 2.11. The molecule has 8 heteroatoms. The highest BCUT2D eigenvalue weighted by Crippen LogP contribution is 2.09. The van der Waals surface area contributed by atoms with Crippen molar-refractivity contribution in [3.63, 3.8) is 0 Å². The minimum Gasteiger partial charge on any atom is -0.476 e. The number of nitrogens with zero attached hydrogens (tertiary/aromatic N) is 2. The molecule has 0 radical (unpaired) electrons. The van der Waals surface area contributed by atoms with E-state index in [-0.39, 0.29) is 17.9 Å². The molecule has 2 heterocycles. The molecule has 0 unspecified atom stereocenters. The molecule has 0 aliphatic rings. The molecular weight excluding hydrogens is 246 g/mol. The Hall–Kier alpha value is -2.22. The third kappa shape index (κ3) is 2.67. The van der Waals surface area contributed by atoms with Gasteiger partial charge in [-0.05, 0) is 0 Å². The monoisotopic (exact) mass is 253 g/mol. The highest BCUT2D eigenvalue weighted by atomic mass is 32.1. The standard InChI is InChI=1S/C9H7N3O4S/c13-8(5-1-2-16-12-5)10-3-7-11-6(4-17-7)9(14)15/h1-2,4H,3H2,(H,10,13)(H,14,15). The molecule has 17 heavy (non-hydrogen) atoms. The number of hydrogen-bond acceptors (Lipinski definition) is 6. The fraction of sp³-hybridized carbons (Fsp3) is 0.111. The fourth-order valence-electron chi connectivity index (χ4n) is 1.07. The average Bonchev–Trinajstić information content (AvgIpc) is 2.97. The number of carbonyl (C=O) groups excluding carboxylic acids is 1. The number of thiazole rings is 1. The van der Waals surface area contributed by atoms with Gasteiger partial charge < -0.3 is 14.9 Å². The largest absolute Gasteiger partial charge is 0.476 e. The molecule has 2 aromatic rings. The Morgan fingerprint density at radius 1 is 1.47 bits per heavy atom. The van der Waals surface area contributed by atoms with Crippen LogP contribution in [0, 0.1) is 0 Å². The summed E-state index contributed by atoms with van der Waals surface area (Å²) >= 11 is 1.17. The van der Waals surface area contributed by atoms with Crippen molar-refractivity contribution in [2.75, 3.05) is 0 Å².